The van der Waals surface area contributed by atoms with Crippen LogP contribution >= 0.6 is 0 Å². The molecule has 9 heteroatoms. The fraction of sp³-hybridized carbons (Fsp3) is 0.333. The summed E-state index contributed by atoms with van der Waals surface area (Å²) >= 11 is 0. The van der Waals surface area contributed by atoms with Gasteiger partial charge >= 0.3 is 0 Å². The van der Waals surface area contributed by atoms with E-state index in [4.69, 9.17) is 4.74 Å². The number of hydrogen-bond donors (Lipinski definition) is 0. The minimum absolute atomic E-state index is 0.0831. The van der Waals surface area contributed by atoms with Crippen molar-refractivity contribution in [3.8, 4) is 11.6 Å². The predicted molar refractivity (Wildman–Crippen MR) is 109 cm³/mol. The number of anilines is 1. The van der Waals surface area contributed by atoms with E-state index in [9.17, 15) is 9.18 Å². The van der Waals surface area contributed by atoms with E-state index in [1.165, 1.54) is 12.1 Å². The average molecular weight is 410 g/mol. The topological polar surface area (TPSA) is 76.4 Å². The lowest BCUT2D eigenvalue weighted by atomic mass is 10.2. The Morgan fingerprint density at radius 1 is 1.03 bits per heavy atom. The van der Waals surface area contributed by atoms with Gasteiger partial charge in [-0.3, -0.25) is 4.79 Å². The lowest BCUT2D eigenvalue weighted by molar-refractivity contribution is -0.138. The van der Waals surface area contributed by atoms with Crippen LogP contribution in [0.5, 0.6) is 5.75 Å². The van der Waals surface area contributed by atoms with Crippen LogP contribution in [-0.4, -0.2) is 63.1 Å². The molecule has 1 aliphatic rings. The highest BCUT2D eigenvalue weighted by molar-refractivity contribution is 5.81. The molecule has 156 valence electrons. The van der Waals surface area contributed by atoms with E-state index in [1.807, 2.05) is 31.3 Å². The van der Waals surface area contributed by atoms with Gasteiger partial charge in [-0.05, 0) is 44.2 Å². The maximum absolute atomic E-state index is 13.8. The van der Waals surface area contributed by atoms with Crippen LogP contribution in [0.4, 0.5) is 10.2 Å². The van der Waals surface area contributed by atoms with Gasteiger partial charge in [-0.2, -0.15) is 5.10 Å². The predicted octanol–water partition coefficient (Wildman–Crippen LogP) is 2.23. The summed E-state index contributed by atoms with van der Waals surface area (Å²) in [5.74, 6) is 0.854. The number of nitrogens with zero attached hydrogens (tertiary/aromatic N) is 6. The second kappa shape index (κ2) is 8.48. The monoisotopic (exact) mass is 410 g/mol. The molecule has 1 unspecified atom stereocenters. The molecule has 0 spiro atoms. The first-order valence-corrected chi connectivity index (χ1v) is 9.82. The Morgan fingerprint density at radius 2 is 1.73 bits per heavy atom. The van der Waals surface area contributed by atoms with E-state index in [2.05, 4.69) is 20.2 Å². The van der Waals surface area contributed by atoms with Gasteiger partial charge in [-0.25, -0.2) is 9.07 Å². The van der Waals surface area contributed by atoms with Crippen molar-refractivity contribution in [2.24, 2.45) is 0 Å². The number of ether oxygens (including phenoxy) is 1. The third kappa shape index (κ3) is 4.24. The molecule has 8 nitrogen and oxygen atoms in total. The molecule has 2 aromatic heterocycles. The van der Waals surface area contributed by atoms with Crippen molar-refractivity contribution in [1.29, 1.82) is 0 Å². The highest BCUT2D eigenvalue weighted by Crippen LogP contribution is 2.19. The molecule has 0 bridgehead atoms. The smallest absolute Gasteiger partial charge is 0.263 e. The fourth-order valence-electron chi connectivity index (χ4n) is 3.35. The Labute approximate surface area is 173 Å². The molecule has 3 heterocycles. The van der Waals surface area contributed by atoms with Crippen LogP contribution in [0.2, 0.25) is 0 Å². The molecule has 0 saturated carbocycles. The van der Waals surface area contributed by atoms with Crippen molar-refractivity contribution >= 4 is 11.7 Å². The first-order chi connectivity index (χ1) is 14.5. The van der Waals surface area contributed by atoms with Gasteiger partial charge in [-0.15, -0.1) is 10.2 Å². The third-order valence-corrected chi connectivity index (χ3v) is 5.00. The van der Waals surface area contributed by atoms with Gasteiger partial charge in [0.05, 0.1) is 5.69 Å². The minimum atomic E-state index is -0.759. The standard InChI is InChI=1S/C21H23FN6O2/c1-15-9-10-28(25-15)20-8-7-19(23-24-20)26-11-13-27(14-12-26)21(29)16(2)30-18-6-4-3-5-17(18)22/h3-10,16H,11-14H2,1-2H3. The number of carbonyl (C=O) groups excluding carboxylic acids is 1. The van der Waals surface area contributed by atoms with Crippen LogP contribution in [0.15, 0.2) is 48.7 Å². The number of halogens is 1. The average Bonchev–Trinajstić information content (AvgIpc) is 3.21. The summed E-state index contributed by atoms with van der Waals surface area (Å²) in [6.07, 6.45) is 1.08. The van der Waals surface area contributed by atoms with E-state index >= 15 is 0 Å². The van der Waals surface area contributed by atoms with E-state index in [0.717, 1.165) is 11.5 Å². The zero-order chi connectivity index (χ0) is 21.1. The van der Waals surface area contributed by atoms with Crippen molar-refractivity contribution in [1.82, 2.24) is 24.9 Å². The number of aromatic nitrogens is 4. The molecule has 1 aromatic carbocycles. The Balaban J connectivity index is 1.33. The quantitative estimate of drug-likeness (QED) is 0.642. The number of hydrogen-bond acceptors (Lipinski definition) is 6. The van der Waals surface area contributed by atoms with Crippen molar-refractivity contribution in [2.75, 3.05) is 31.1 Å². The number of rotatable bonds is 5. The van der Waals surface area contributed by atoms with Gasteiger partial charge < -0.3 is 14.5 Å². The number of para-hydroxylation sites is 1. The first-order valence-electron chi connectivity index (χ1n) is 9.82. The number of amides is 1. The summed E-state index contributed by atoms with van der Waals surface area (Å²) in [5, 5.41) is 12.9. The van der Waals surface area contributed by atoms with Crippen molar-refractivity contribution in [3.63, 3.8) is 0 Å². The largest absolute Gasteiger partial charge is 0.478 e. The maximum Gasteiger partial charge on any atom is 0.263 e. The summed E-state index contributed by atoms with van der Waals surface area (Å²) in [6.45, 7) is 5.89. The molecule has 1 atom stereocenters. The highest BCUT2D eigenvalue weighted by atomic mass is 19.1. The number of benzene rings is 1. The Bertz CT molecular complexity index is 1010. The second-order valence-electron chi connectivity index (χ2n) is 7.15. The lowest BCUT2D eigenvalue weighted by Crippen LogP contribution is -2.52. The minimum Gasteiger partial charge on any atom is -0.478 e. The van der Waals surface area contributed by atoms with Crippen molar-refractivity contribution in [3.05, 3.63) is 60.2 Å². The van der Waals surface area contributed by atoms with Crippen LogP contribution in [0.1, 0.15) is 12.6 Å². The molecule has 1 amide bonds. The van der Waals surface area contributed by atoms with Crippen LogP contribution < -0.4 is 9.64 Å². The van der Waals surface area contributed by atoms with Crippen LogP contribution in [0.3, 0.4) is 0 Å². The van der Waals surface area contributed by atoms with E-state index in [-0.39, 0.29) is 11.7 Å². The zero-order valence-electron chi connectivity index (χ0n) is 16.9. The Morgan fingerprint density at radius 3 is 2.37 bits per heavy atom. The molecule has 0 aliphatic carbocycles. The van der Waals surface area contributed by atoms with Gasteiger partial charge in [0, 0.05) is 32.4 Å². The Kier molecular flexibility index (Phi) is 5.60. The molecule has 1 saturated heterocycles. The molecule has 1 aliphatic heterocycles. The summed E-state index contributed by atoms with van der Waals surface area (Å²) < 4.78 is 21.0. The third-order valence-electron chi connectivity index (χ3n) is 5.00. The van der Waals surface area contributed by atoms with Gasteiger partial charge in [-0.1, -0.05) is 12.1 Å². The van der Waals surface area contributed by atoms with Crippen molar-refractivity contribution < 1.29 is 13.9 Å². The molecule has 30 heavy (non-hydrogen) atoms. The molecule has 0 N–H and O–H groups in total. The molecule has 0 radical (unpaired) electrons. The Hall–Kier alpha value is -3.49. The molecule has 4 rings (SSSR count). The fourth-order valence-corrected chi connectivity index (χ4v) is 3.35. The van der Waals surface area contributed by atoms with Gasteiger partial charge in [0.2, 0.25) is 0 Å². The molecular weight excluding hydrogens is 387 g/mol. The zero-order valence-corrected chi connectivity index (χ0v) is 16.9. The number of aryl methyl sites for hydroxylation is 1. The highest BCUT2D eigenvalue weighted by Gasteiger charge is 2.27. The maximum atomic E-state index is 13.8. The SMILES string of the molecule is Cc1ccn(-c2ccc(N3CCN(C(=O)C(C)Oc4ccccc4F)CC3)nn2)n1. The van der Waals surface area contributed by atoms with Crippen LogP contribution in [-0.2, 0) is 4.79 Å². The summed E-state index contributed by atoms with van der Waals surface area (Å²) in [4.78, 5) is 16.5. The number of piperazine rings is 1. The lowest BCUT2D eigenvalue weighted by Gasteiger charge is -2.36. The second-order valence-corrected chi connectivity index (χ2v) is 7.15. The molecule has 3 aromatic rings. The normalized spacial score (nSPS) is 15.2. The summed E-state index contributed by atoms with van der Waals surface area (Å²) in [6, 6.07) is 11.8. The van der Waals surface area contributed by atoms with Crippen LogP contribution in [0, 0.1) is 12.7 Å². The molecular formula is C21H23FN6O2. The van der Waals surface area contributed by atoms with Crippen LogP contribution in [0.25, 0.3) is 5.82 Å². The summed E-state index contributed by atoms with van der Waals surface area (Å²) in [5.41, 5.74) is 0.912. The van der Waals surface area contributed by atoms with E-state index in [1.54, 1.807) is 28.6 Å². The van der Waals surface area contributed by atoms with Gasteiger partial charge in [0.15, 0.2) is 29.3 Å². The van der Waals surface area contributed by atoms with Gasteiger partial charge in [0.25, 0.3) is 5.91 Å². The first kappa shape index (κ1) is 19.8. The molecule has 1 fully saturated rings. The van der Waals surface area contributed by atoms with E-state index in [0.29, 0.717) is 32.0 Å². The number of carbonyl (C=O) groups is 1. The van der Waals surface area contributed by atoms with Crippen molar-refractivity contribution in [2.45, 2.75) is 20.0 Å². The summed E-state index contributed by atoms with van der Waals surface area (Å²) in [7, 11) is 0. The van der Waals surface area contributed by atoms with Gasteiger partial charge in [0.1, 0.15) is 0 Å². The van der Waals surface area contributed by atoms with E-state index < -0.39 is 11.9 Å².